The summed E-state index contributed by atoms with van der Waals surface area (Å²) in [6.45, 7) is 6.48. The van der Waals surface area contributed by atoms with Crippen LogP contribution in [0.1, 0.15) is 52.0 Å². The first-order chi connectivity index (χ1) is 11.1. The van der Waals surface area contributed by atoms with E-state index in [1.807, 2.05) is 0 Å². The van der Waals surface area contributed by atoms with Gasteiger partial charge in [-0.25, -0.2) is 0 Å². The molecule has 3 atom stereocenters. The highest BCUT2D eigenvalue weighted by Gasteiger charge is 2.32. The summed E-state index contributed by atoms with van der Waals surface area (Å²) in [5.74, 6) is 0.303. The van der Waals surface area contributed by atoms with Crippen LogP contribution in [0.2, 0.25) is 0 Å². The lowest BCUT2D eigenvalue weighted by atomic mass is 9.93. The van der Waals surface area contributed by atoms with E-state index in [-0.39, 0.29) is 12.1 Å². The maximum absolute atomic E-state index is 10.9. The first kappa shape index (κ1) is 16.3. The molecule has 1 N–H and O–H groups in total. The highest BCUT2D eigenvalue weighted by atomic mass is 16.3. The van der Waals surface area contributed by atoms with Crippen molar-refractivity contribution >= 4 is 5.69 Å². The molecule has 0 aromatic heterocycles. The Hall–Kier alpha value is -1.54. The van der Waals surface area contributed by atoms with Gasteiger partial charge in [0.2, 0.25) is 0 Å². The number of hydrogen-bond acceptors (Lipinski definition) is 2. The van der Waals surface area contributed by atoms with Crippen LogP contribution in [0.5, 0.6) is 0 Å². The predicted molar refractivity (Wildman–Crippen MR) is 97.6 cm³/mol. The third-order valence-electron chi connectivity index (χ3n) is 5.53. The lowest BCUT2D eigenvalue weighted by Gasteiger charge is -2.39. The molecule has 1 aromatic rings. The number of hydrogen-bond donors (Lipinski definition) is 1. The summed E-state index contributed by atoms with van der Waals surface area (Å²) < 4.78 is 0. The number of fused-ring (bicyclic) bond motifs is 2. The van der Waals surface area contributed by atoms with Gasteiger partial charge in [-0.15, -0.1) is 0 Å². The monoisotopic (exact) mass is 311 g/mol. The number of nitrogens with zero attached hydrogens (tertiary/aromatic N) is 1. The minimum Gasteiger partial charge on any atom is -0.391 e. The molecule has 124 valence electrons. The molecular weight excluding hydrogens is 282 g/mol. The fraction of sp³-hybridized carbons (Fsp3) is 0.524. The normalized spacial score (nSPS) is 21.3. The minimum atomic E-state index is -0.324. The summed E-state index contributed by atoms with van der Waals surface area (Å²) in [5, 5.41) is 10.9. The molecule has 2 aliphatic rings. The number of aryl methyl sites for hydroxylation is 1. The molecule has 2 nitrogen and oxygen atoms in total. The summed E-state index contributed by atoms with van der Waals surface area (Å²) in [4.78, 5) is 2.41. The van der Waals surface area contributed by atoms with Crippen LogP contribution < -0.4 is 4.90 Å². The molecule has 1 aromatic carbocycles. The Labute approximate surface area is 140 Å². The smallest absolute Gasteiger partial charge is 0.0770 e. The standard InChI is InChI=1S/C21H29NO/c1-4-15(2)21(23)16(3)22-19-11-7-5-9-17(19)13-14-18-10-6-8-12-20(18)22/h5,7,9-12,15-16,21,23H,4,6,8,13-14H2,1-3H3/t15-,16?,21?/m0/s1. The second-order valence-electron chi connectivity index (χ2n) is 7.01. The number of aliphatic hydroxyl groups is 1. The van der Waals surface area contributed by atoms with Crippen molar-refractivity contribution in [1.82, 2.24) is 0 Å². The zero-order valence-electron chi connectivity index (χ0n) is 14.6. The van der Waals surface area contributed by atoms with E-state index >= 15 is 0 Å². The molecule has 0 bridgehead atoms. The van der Waals surface area contributed by atoms with Crippen LogP contribution in [-0.2, 0) is 6.42 Å². The first-order valence-corrected chi connectivity index (χ1v) is 9.08. The van der Waals surface area contributed by atoms with Gasteiger partial charge in [0.05, 0.1) is 12.1 Å². The van der Waals surface area contributed by atoms with Crippen molar-refractivity contribution in [3.05, 3.63) is 53.3 Å². The van der Waals surface area contributed by atoms with Crippen LogP contribution in [0, 0.1) is 5.92 Å². The van der Waals surface area contributed by atoms with E-state index in [0.717, 1.165) is 32.1 Å². The number of rotatable bonds is 4. The molecule has 3 rings (SSSR count). The summed E-state index contributed by atoms with van der Waals surface area (Å²) in [5.41, 5.74) is 5.46. The van der Waals surface area contributed by atoms with E-state index in [1.165, 1.54) is 22.5 Å². The highest BCUT2D eigenvalue weighted by molar-refractivity contribution is 5.65. The van der Waals surface area contributed by atoms with E-state index < -0.39 is 0 Å². The van der Waals surface area contributed by atoms with Crippen molar-refractivity contribution in [2.24, 2.45) is 5.92 Å². The van der Waals surface area contributed by atoms with Gasteiger partial charge in [-0.3, -0.25) is 0 Å². The van der Waals surface area contributed by atoms with E-state index in [4.69, 9.17) is 0 Å². The van der Waals surface area contributed by atoms with Crippen molar-refractivity contribution in [3.63, 3.8) is 0 Å². The van der Waals surface area contributed by atoms with Crippen LogP contribution in [0.25, 0.3) is 0 Å². The molecule has 1 aliphatic carbocycles. The van der Waals surface area contributed by atoms with E-state index in [9.17, 15) is 5.11 Å². The second kappa shape index (κ2) is 6.92. The van der Waals surface area contributed by atoms with Crippen molar-refractivity contribution in [3.8, 4) is 0 Å². The fourth-order valence-corrected chi connectivity index (χ4v) is 3.86. The Bertz CT molecular complexity index is 616. The van der Waals surface area contributed by atoms with Crippen LogP contribution in [-0.4, -0.2) is 17.3 Å². The second-order valence-corrected chi connectivity index (χ2v) is 7.01. The van der Waals surface area contributed by atoms with Crippen molar-refractivity contribution in [1.29, 1.82) is 0 Å². The molecule has 0 saturated carbocycles. The van der Waals surface area contributed by atoms with E-state index in [0.29, 0.717) is 5.92 Å². The largest absolute Gasteiger partial charge is 0.391 e. The number of aliphatic hydroxyl groups excluding tert-OH is 1. The van der Waals surface area contributed by atoms with E-state index in [2.05, 4.69) is 62.1 Å². The Morgan fingerprint density at radius 1 is 1.09 bits per heavy atom. The zero-order chi connectivity index (χ0) is 16.4. The number of allylic oxidation sites excluding steroid dienone is 3. The Morgan fingerprint density at radius 2 is 1.83 bits per heavy atom. The Balaban J connectivity index is 2.05. The van der Waals surface area contributed by atoms with Crippen LogP contribution in [0.4, 0.5) is 5.69 Å². The van der Waals surface area contributed by atoms with Gasteiger partial charge in [0.15, 0.2) is 0 Å². The molecule has 2 heteroatoms. The van der Waals surface area contributed by atoms with Gasteiger partial charge in [-0.1, -0.05) is 50.6 Å². The fourth-order valence-electron chi connectivity index (χ4n) is 3.86. The maximum Gasteiger partial charge on any atom is 0.0770 e. The van der Waals surface area contributed by atoms with Gasteiger partial charge in [-0.05, 0) is 55.7 Å². The molecular formula is C21H29NO. The topological polar surface area (TPSA) is 23.5 Å². The number of para-hydroxylation sites is 1. The van der Waals surface area contributed by atoms with Gasteiger partial charge in [0, 0.05) is 11.4 Å². The van der Waals surface area contributed by atoms with Gasteiger partial charge < -0.3 is 10.0 Å². The summed E-state index contributed by atoms with van der Waals surface area (Å²) in [6.07, 6.45) is 9.88. The molecule has 1 aliphatic heterocycles. The van der Waals surface area contributed by atoms with E-state index in [1.54, 1.807) is 0 Å². The van der Waals surface area contributed by atoms with Crippen molar-refractivity contribution in [2.75, 3.05) is 4.90 Å². The summed E-state index contributed by atoms with van der Waals surface area (Å²) in [6, 6.07) is 8.78. The lowest BCUT2D eigenvalue weighted by molar-refractivity contribution is 0.0925. The highest BCUT2D eigenvalue weighted by Crippen LogP contribution is 2.39. The molecule has 0 radical (unpaired) electrons. The average Bonchev–Trinajstić information content (AvgIpc) is 2.76. The molecule has 0 saturated heterocycles. The molecule has 0 fully saturated rings. The molecule has 0 amide bonds. The number of benzene rings is 1. The van der Waals surface area contributed by atoms with Crippen molar-refractivity contribution < 1.29 is 5.11 Å². The predicted octanol–water partition coefficient (Wildman–Crippen LogP) is 4.84. The Morgan fingerprint density at radius 3 is 2.61 bits per heavy atom. The van der Waals surface area contributed by atoms with Gasteiger partial charge in [-0.2, -0.15) is 0 Å². The third kappa shape index (κ3) is 3.10. The Kier molecular flexibility index (Phi) is 4.91. The molecule has 0 spiro atoms. The van der Waals surface area contributed by atoms with Gasteiger partial charge >= 0.3 is 0 Å². The van der Waals surface area contributed by atoms with Crippen LogP contribution in [0.15, 0.2) is 47.7 Å². The quantitative estimate of drug-likeness (QED) is 0.860. The molecule has 2 unspecified atom stereocenters. The summed E-state index contributed by atoms with van der Waals surface area (Å²) in [7, 11) is 0. The lowest BCUT2D eigenvalue weighted by Crippen LogP contribution is -2.44. The van der Waals surface area contributed by atoms with Gasteiger partial charge in [0.25, 0.3) is 0 Å². The zero-order valence-corrected chi connectivity index (χ0v) is 14.6. The number of anilines is 1. The SMILES string of the molecule is CC[C@H](C)C(O)C(C)N1C2=CCCC=C2CCc2ccccc21. The minimum absolute atomic E-state index is 0.0805. The summed E-state index contributed by atoms with van der Waals surface area (Å²) >= 11 is 0. The van der Waals surface area contributed by atoms with Gasteiger partial charge in [0.1, 0.15) is 0 Å². The average molecular weight is 311 g/mol. The van der Waals surface area contributed by atoms with Crippen molar-refractivity contribution in [2.45, 2.75) is 65.0 Å². The van der Waals surface area contributed by atoms with Crippen LogP contribution >= 0.6 is 0 Å². The molecule has 23 heavy (non-hydrogen) atoms. The third-order valence-corrected chi connectivity index (χ3v) is 5.53. The maximum atomic E-state index is 10.9. The van der Waals surface area contributed by atoms with Crippen LogP contribution in [0.3, 0.4) is 0 Å². The first-order valence-electron chi connectivity index (χ1n) is 9.08. The molecule has 1 heterocycles.